The minimum Gasteiger partial charge on any atom is -0.493 e. The Labute approximate surface area is 346 Å². The minimum absolute atomic E-state index is 0.00974. The molecule has 0 aliphatic carbocycles. The SMILES string of the molecule is COc1cc(-c2cnc3[nH]cc(C(Cc4ccccc4)C(=O)C(Cc4ccccc4)c4c[nH]c5ncc(-c6cc(OC)c(OC)c(OC)c6)nc45)c3n2)cc(OC)c1OC. The lowest BCUT2D eigenvalue weighted by Crippen LogP contribution is -2.24. The van der Waals surface area contributed by atoms with Crippen molar-refractivity contribution in [2.24, 2.45) is 0 Å². The second kappa shape index (κ2) is 17.2. The van der Waals surface area contributed by atoms with E-state index in [-0.39, 0.29) is 5.78 Å². The van der Waals surface area contributed by atoms with E-state index < -0.39 is 11.8 Å². The Balaban J connectivity index is 1.27. The molecule has 4 aromatic heterocycles. The van der Waals surface area contributed by atoms with Crippen LogP contribution in [-0.2, 0) is 17.6 Å². The molecule has 2 N–H and O–H groups in total. The molecule has 0 saturated heterocycles. The zero-order valence-electron chi connectivity index (χ0n) is 34.1. The maximum atomic E-state index is 15.7. The molecule has 13 heteroatoms. The molecule has 304 valence electrons. The van der Waals surface area contributed by atoms with Gasteiger partial charge >= 0.3 is 0 Å². The summed E-state index contributed by atoms with van der Waals surface area (Å²) in [5, 5.41) is 0. The van der Waals surface area contributed by atoms with Crippen LogP contribution < -0.4 is 28.4 Å². The van der Waals surface area contributed by atoms with Crippen molar-refractivity contribution in [3.8, 4) is 57.0 Å². The van der Waals surface area contributed by atoms with Crippen LogP contribution in [0.15, 0.2) is 110 Å². The molecule has 0 fully saturated rings. The van der Waals surface area contributed by atoms with Gasteiger partial charge in [0, 0.05) is 34.6 Å². The lowest BCUT2D eigenvalue weighted by molar-refractivity contribution is -0.121. The Morgan fingerprint density at radius 1 is 0.533 bits per heavy atom. The first kappa shape index (κ1) is 39.4. The fraction of sp³-hybridized carbons (Fsp3) is 0.213. The van der Waals surface area contributed by atoms with Crippen molar-refractivity contribution in [1.82, 2.24) is 29.9 Å². The predicted octanol–water partition coefficient (Wildman–Crippen LogP) is 8.54. The number of nitrogens with zero attached hydrogens (tertiary/aromatic N) is 4. The fourth-order valence-electron chi connectivity index (χ4n) is 7.76. The average Bonchev–Trinajstić information content (AvgIpc) is 3.93. The number of hydrogen-bond acceptors (Lipinski definition) is 11. The highest BCUT2D eigenvalue weighted by Gasteiger charge is 2.34. The lowest BCUT2D eigenvalue weighted by atomic mass is 9.79. The standard InChI is InChI=1S/C47H44N6O7/c1-55-37-19-29(20-38(56-2)44(37)59-5)35-25-50-46-41(52-35)33(23-48-46)31(17-27-13-9-7-10-14-27)43(54)32(18-28-15-11-8-12-16-28)34-24-49-47-42(34)53-36(26-51-47)30-21-39(57-3)45(60-6)40(22-30)58-4/h7-16,19-26,31-32H,17-18H2,1-6H3,(H,48,50)(H,49,51). The molecule has 2 unspecified atom stereocenters. The number of rotatable bonds is 16. The highest BCUT2D eigenvalue weighted by atomic mass is 16.5. The maximum Gasteiger partial charge on any atom is 0.203 e. The summed E-state index contributed by atoms with van der Waals surface area (Å²) in [7, 11) is 9.40. The summed E-state index contributed by atoms with van der Waals surface area (Å²) < 4.78 is 33.7. The fourth-order valence-corrected chi connectivity index (χ4v) is 7.76. The third-order valence-corrected chi connectivity index (χ3v) is 10.7. The van der Waals surface area contributed by atoms with Gasteiger partial charge in [0.25, 0.3) is 0 Å². The molecular formula is C47H44N6O7. The number of ether oxygens (including phenoxy) is 6. The average molecular weight is 805 g/mol. The summed E-state index contributed by atoms with van der Waals surface area (Å²) in [6.07, 6.45) is 7.91. The largest absolute Gasteiger partial charge is 0.493 e. The van der Waals surface area contributed by atoms with Crippen LogP contribution in [0.4, 0.5) is 0 Å². The molecular weight excluding hydrogens is 761 g/mol. The summed E-state index contributed by atoms with van der Waals surface area (Å²) in [5.41, 5.74) is 8.28. The second-order valence-corrected chi connectivity index (χ2v) is 14.1. The normalized spacial score (nSPS) is 12.2. The predicted molar refractivity (Wildman–Crippen MR) is 229 cm³/mol. The van der Waals surface area contributed by atoms with E-state index in [0.717, 1.165) is 22.3 Å². The van der Waals surface area contributed by atoms with Gasteiger partial charge in [-0.25, -0.2) is 19.9 Å². The molecule has 0 bridgehead atoms. The summed E-state index contributed by atoms with van der Waals surface area (Å²) in [5.74, 6) is 1.58. The second-order valence-electron chi connectivity index (χ2n) is 14.1. The van der Waals surface area contributed by atoms with Crippen LogP contribution in [0.3, 0.4) is 0 Å². The van der Waals surface area contributed by atoms with Gasteiger partial charge in [0.05, 0.1) is 78.3 Å². The van der Waals surface area contributed by atoms with Crippen molar-refractivity contribution in [2.75, 3.05) is 42.7 Å². The molecule has 2 atom stereocenters. The molecule has 13 nitrogen and oxygen atoms in total. The van der Waals surface area contributed by atoms with Gasteiger partial charge in [-0.2, -0.15) is 0 Å². The summed E-state index contributed by atoms with van der Waals surface area (Å²) in [4.78, 5) is 42.1. The van der Waals surface area contributed by atoms with Crippen LogP contribution in [0.1, 0.15) is 34.1 Å². The third kappa shape index (κ3) is 7.52. The Bertz CT molecular complexity index is 2550. The smallest absolute Gasteiger partial charge is 0.203 e. The summed E-state index contributed by atoms with van der Waals surface area (Å²) in [6, 6.07) is 27.3. The number of fused-ring (bicyclic) bond motifs is 2. The number of ketones is 1. The van der Waals surface area contributed by atoms with Gasteiger partial charge in [-0.1, -0.05) is 60.7 Å². The van der Waals surface area contributed by atoms with E-state index in [0.29, 0.717) is 92.2 Å². The highest BCUT2D eigenvalue weighted by Crippen LogP contribution is 2.43. The Kier molecular flexibility index (Phi) is 11.3. The van der Waals surface area contributed by atoms with Crippen LogP contribution >= 0.6 is 0 Å². The lowest BCUT2D eigenvalue weighted by Gasteiger charge is -2.23. The topological polar surface area (TPSA) is 156 Å². The number of methoxy groups -OCH3 is 6. The number of nitrogens with one attached hydrogen (secondary N) is 2. The van der Waals surface area contributed by atoms with E-state index in [1.54, 1.807) is 55.1 Å². The number of carbonyl (C=O) groups excluding carboxylic acids is 1. The third-order valence-electron chi connectivity index (χ3n) is 10.7. The van der Waals surface area contributed by atoms with Crippen molar-refractivity contribution in [2.45, 2.75) is 24.7 Å². The number of aromatic amines is 2. The van der Waals surface area contributed by atoms with Crippen LogP contribution in [0, 0.1) is 0 Å². The van der Waals surface area contributed by atoms with Crippen molar-refractivity contribution < 1.29 is 33.2 Å². The number of aromatic nitrogens is 6. The molecule has 0 aliphatic rings. The van der Waals surface area contributed by atoms with E-state index in [1.807, 2.05) is 97.3 Å². The first-order valence-electron chi connectivity index (χ1n) is 19.3. The van der Waals surface area contributed by atoms with Gasteiger partial charge in [0.15, 0.2) is 34.3 Å². The molecule has 60 heavy (non-hydrogen) atoms. The molecule has 4 heterocycles. The maximum absolute atomic E-state index is 15.7. The summed E-state index contributed by atoms with van der Waals surface area (Å²) >= 11 is 0. The van der Waals surface area contributed by atoms with Gasteiger partial charge in [0.2, 0.25) is 11.5 Å². The van der Waals surface area contributed by atoms with E-state index in [9.17, 15) is 0 Å². The Morgan fingerprint density at radius 2 is 0.900 bits per heavy atom. The highest BCUT2D eigenvalue weighted by molar-refractivity contribution is 5.98. The number of benzene rings is 4. The molecule has 8 aromatic rings. The molecule has 4 aromatic carbocycles. The van der Waals surface area contributed by atoms with E-state index in [1.165, 1.54) is 0 Å². The van der Waals surface area contributed by atoms with Crippen LogP contribution in [-0.4, -0.2) is 78.3 Å². The number of H-pyrrole nitrogens is 2. The molecule has 0 saturated carbocycles. The molecule has 0 aliphatic heterocycles. The van der Waals surface area contributed by atoms with Gasteiger partial charge < -0.3 is 38.4 Å². The zero-order valence-corrected chi connectivity index (χ0v) is 34.1. The van der Waals surface area contributed by atoms with Crippen molar-refractivity contribution in [3.05, 3.63) is 132 Å². The van der Waals surface area contributed by atoms with Crippen molar-refractivity contribution in [1.29, 1.82) is 0 Å². The van der Waals surface area contributed by atoms with E-state index in [2.05, 4.69) is 9.97 Å². The number of Topliss-reactive ketones (excluding diaryl/α,β-unsaturated/α-hetero) is 1. The van der Waals surface area contributed by atoms with Gasteiger partial charge in [0.1, 0.15) is 16.8 Å². The summed E-state index contributed by atoms with van der Waals surface area (Å²) in [6.45, 7) is 0. The monoisotopic (exact) mass is 804 g/mol. The minimum atomic E-state index is -0.643. The van der Waals surface area contributed by atoms with E-state index in [4.69, 9.17) is 48.4 Å². The zero-order chi connectivity index (χ0) is 41.8. The van der Waals surface area contributed by atoms with Gasteiger partial charge in [-0.05, 0) is 48.2 Å². The molecule has 0 spiro atoms. The first-order chi connectivity index (χ1) is 29.4. The van der Waals surface area contributed by atoms with E-state index >= 15 is 4.79 Å². The first-order valence-corrected chi connectivity index (χ1v) is 19.3. The van der Waals surface area contributed by atoms with Gasteiger partial charge in [-0.15, -0.1) is 0 Å². The van der Waals surface area contributed by atoms with Gasteiger partial charge in [-0.3, -0.25) is 4.79 Å². The number of hydrogen-bond donors (Lipinski definition) is 2. The Hall–Kier alpha value is -7.41. The number of carbonyl (C=O) groups is 1. The molecule has 8 rings (SSSR count). The van der Waals surface area contributed by atoms with Crippen LogP contribution in [0.5, 0.6) is 34.5 Å². The quantitative estimate of drug-likeness (QED) is 0.0965. The van der Waals surface area contributed by atoms with Crippen LogP contribution in [0.2, 0.25) is 0 Å². The molecule has 0 amide bonds. The van der Waals surface area contributed by atoms with Crippen molar-refractivity contribution in [3.63, 3.8) is 0 Å². The van der Waals surface area contributed by atoms with Crippen LogP contribution in [0.25, 0.3) is 44.8 Å². The molecule has 0 radical (unpaired) electrons. The van der Waals surface area contributed by atoms with Crippen molar-refractivity contribution >= 4 is 28.1 Å². The Morgan fingerprint density at radius 3 is 1.23 bits per heavy atom.